The molecule has 1 aromatic carbocycles. The molecule has 4 heteroatoms. The molecule has 90 valence electrons. The monoisotopic (exact) mass is 243 g/mol. The first-order valence-corrected chi connectivity index (χ1v) is 5.59. The van der Waals surface area contributed by atoms with Crippen LogP contribution >= 0.6 is 11.6 Å². The fourth-order valence-electron chi connectivity index (χ4n) is 1.36. The van der Waals surface area contributed by atoms with Gasteiger partial charge in [0.1, 0.15) is 0 Å². The first kappa shape index (κ1) is 13.1. The van der Waals surface area contributed by atoms with Gasteiger partial charge in [0.2, 0.25) is 0 Å². The highest BCUT2D eigenvalue weighted by Crippen LogP contribution is 2.34. The van der Waals surface area contributed by atoms with Gasteiger partial charge in [-0.25, -0.2) is 0 Å². The van der Waals surface area contributed by atoms with Crippen LogP contribution in [-0.4, -0.2) is 30.2 Å². The van der Waals surface area contributed by atoms with Gasteiger partial charge in [0.25, 0.3) is 0 Å². The van der Waals surface area contributed by atoms with E-state index in [0.29, 0.717) is 23.4 Å². The summed E-state index contributed by atoms with van der Waals surface area (Å²) in [5, 5.41) is 10.5. The van der Waals surface area contributed by atoms with Crippen LogP contribution in [0, 0.1) is 0 Å². The van der Waals surface area contributed by atoms with Crippen molar-refractivity contribution in [1.82, 2.24) is 4.90 Å². The summed E-state index contributed by atoms with van der Waals surface area (Å²) in [6.45, 7) is 4.83. The molecule has 0 spiro atoms. The van der Waals surface area contributed by atoms with Crippen molar-refractivity contribution in [3.8, 4) is 11.5 Å². The molecule has 0 aliphatic carbocycles. The number of methoxy groups -OCH3 is 1. The summed E-state index contributed by atoms with van der Waals surface area (Å²) in [6.07, 6.45) is 0. The number of hydrogen-bond acceptors (Lipinski definition) is 3. The van der Waals surface area contributed by atoms with Crippen LogP contribution in [0.25, 0.3) is 0 Å². The Labute approximate surface area is 102 Å². The zero-order chi connectivity index (χ0) is 12.3. The molecule has 3 nitrogen and oxygen atoms in total. The number of hydrogen-bond donors (Lipinski definition) is 1. The summed E-state index contributed by atoms with van der Waals surface area (Å²) >= 11 is 5.95. The number of aromatic hydroxyl groups is 1. The molecule has 0 aliphatic heterocycles. The van der Waals surface area contributed by atoms with Crippen molar-refractivity contribution in [3.63, 3.8) is 0 Å². The topological polar surface area (TPSA) is 32.7 Å². The smallest absolute Gasteiger partial charge is 0.162 e. The SMILES string of the molecule is COc1cc(Cl)cc(CN(C)C(C)C)c1O. The average molecular weight is 244 g/mol. The van der Waals surface area contributed by atoms with Crippen molar-refractivity contribution >= 4 is 11.6 Å². The lowest BCUT2D eigenvalue weighted by Crippen LogP contribution is -2.25. The minimum atomic E-state index is 0.166. The molecule has 0 saturated carbocycles. The second-order valence-electron chi connectivity index (χ2n) is 4.12. The molecule has 0 unspecified atom stereocenters. The van der Waals surface area contributed by atoms with E-state index < -0.39 is 0 Å². The summed E-state index contributed by atoms with van der Waals surface area (Å²) in [5.41, 5.74) is 0.778. The van der Waals surface area contributed by atoms with Gasteiger partial charge in [-0.05, 0) is 27.0 Å². The Bertz CT molecular complexity index is 366. The first-order valence-electron chi connectivity index (χ1n) is 5.21. The van der Waals surface area contributed by atoms with Gasteiger partial charge < -0.3 is 9.84 Å². The Kier molecular flexibility index (Phi) is 4.44. The van der Waals surface area contributed by atoms with E-state index in [1.165, 1.54) is 7.11 Å². The zero-order valence-corrected chi connectivity index (χ0v) is 10.9. The van der Waals surface area contributed by atoms with Crippen LogP contribution in [0.1, 0.15) is 19.4 Å². The highest BCUT2D eigenvalue weighted by atomic mass is 35.5. The van der Waals surface area contributed by atoms with E-state index in [-0.39, 0.29) is 5.75 Å². The normalized spacial score (nSPS) is 11.2. The fraction of sp³-hybridized carbons (Fsp3) is 0.500. The molecule has 0 radical (unpaired) electrons. The van der Waals surface area contributed by atoms with E-state index in [0.717, 1.165) is 5.56 Å². The van der Waals surface area contributed by atoms with Crippen LogP contribution in [0.2, 0.25) is 5.02 Å². The highest BCUT2D eigenvalue weighted by molar-refractivity contribution is 6.30. The van der Waals surface area contributed by atoms with E-state index in [9.17, 15) is 5.11 Å². The summed E-state index contributed by atoms with van der Waals surface area (Å²) in [5.74, 6) is 0.582. The molecule has 0 bridgehead atoms. The predicted octanol–water partition coefficient (Wildman–Crippen LogP) is 2.89. The molecule has 0 atom stereocenters. The van der Waals surface area contributed by atoms with Crippen LogP contribution < -0.4 is 4.74 Å². The number of nitrogens with zero attached hydrogens (tertiary/aromatic N) is 1. The molecule has 0 aliphatic rings. The molecule has 1 N–H and O–H groups in total. The summed E-state index contributed by atoms with van der Waals surface area (Å²) < 4.78 is 5.06. The summed E-state index contributed by atoms with van der Waals surface area (Å²) in [4.78, 5) is 2.12. The average Bonchev–Trinajstić information content (AvgIpc) is 2.22. The Morgan fingerprint density at radius 1 is 1.44 bits per heavy atom. The molecule has 0 fully saturated rings. The van der Waals surface area contributed by atoms with Gasteiger partial charge in [0.15, 0.2) is 11.5 Å². The molecule has 0 aromatic heterocycles. The van der Waals surface area contributed by atoms with Gasteiger partial charge in [-0.3, -0.25) is 4.90 Å². The summed E-state index contributed by atoms with van der Waals surface area (Å²) in [7, 11) is 3.51. The van der Waals surface area contributed by atoms with Gasteiger partial charge >= 0.3 is 0 Å². The fourth-order valence-corrected chi connectivity index (χ4v) is 1.59. The van der Waals surface area contributed by atoms with Crippen LogP contribution in [-0.2, 0) is 6.54 Å². The molecule has 16 heavy (non-hydrogen) atoms. The number of ether oxygens (including phenoxy) is 1. The second kappa shape index (κ2) is 5.41. The predicted molar refractivity (Wildman–Crippen MR) is 66.3 cm³/mol. The Morgan fingerprint density at radius 3 is 2.56 bits per heavy atom. The van der Waals surface area contributed by atoms with Gasteiger partial charge in [-0.2, -0.15) is 0 Å². The molecular weight excluding hydrogens is 226 g/mol. The Hall–Kier alpha value is -0.930. The third kappa shape index (κ3) is 3.03. The van der Waals surface area contributed by atoms with E-state index in [4.69, 9.17) is 16.3 Å². The largest absolute Gasteiger partial charge is 0.504 e. The minimum Gasteiger partial charge on any atom is -0.504 e. The lowest BCUT2D eigenvalue weighted by atomic mass is 10.1. The number of halogens is 1. The standard InChI is InChI=1S/C12H18ClNO2/c1-8(2)14(3)7-9-5-10(13)6-11(16-4)12(9)15/h5-6,8,15H,7H2,1-4H3. The Balaban J connectivity index is 2.99. The zero-order valence-electron chi connectivity index (χ0n) is 10.1. The van der Waals surface area contributed by atoms with Crippen molar-refractivity contribution in [2.75, 3.05) is 14.2 Å². The number of rotatable bonds is 4. The minimum absolute atomic E-state index is 0.166. The number of phenolic OH excluding ortho intramolecular Hbond substituents is 1. The maximum absolute atomic E-state index is 9.93. The van der Waals surface area contributed by atoms with Gasteiger partial charge in [-0.1, -0.05) is 11.6 Å². The van der Waals surface area contributed by atoms with Crippen molar-refractivity contribution < 1.29 is 9.84 Å². The Morgan fingerprint density at radius 2 is 2.06 bits per heavy atom. The van der Waals surface area contributed by atoms with Crippen LogP contribution in [0.3, 0.4) is 0 Å². The lowest BCUT2D eigenvalue weighted by molar-refractivity contribution is 0.260. The van der Waals surface area contributed by atoms with E-state index in [1.807, 2.05) is 7.05 Å². The van der Waals surface area contributed by atoms with Crippen molar-refractivity contribution in [2.45, 2.75) is 26.4 Å². The highest BCUT2D eigenvalue weighted by Gasteiger charge is 2.13. The first-order chi connectivity index (χ1) is 7.45. The maximum atomic E-state index is 9.93. The van der Waals surface area contributed by atoms with Crippen molar-refractivity contribution in [1.29, 1.82) is 0 Å². The number of benzene rings is 1. The van der Waals surface area contributed by atoms with E-state index >= 15 is 0 Å². The molecule has 0 saturated heterocycles. The quantitative estimate of drug-likeness (QED) is 0.883. The van der Waals surface area contributed by atoms with Crippen LogP contribution in [0.15, 0.2) is 12.1 Å². The third-order valence-corrected chi connectivity index (χ3v) is 2.86. The molecule has 1 aromatic rings. The van der Waals surface area contributed by atoms with Crippen LogP contribution in [0.5, 0.6) is 11.5 Å². The van der Waals surface area contributed by atoms with E-state index in [1.54, 1.807) is 12.1 Å². The second-order valence-corrected chi connectivity index (χ2v) is 4.56. The molecule has 1 rings (SSSR count). The maximum Gasteiger partial charge on any atom is 0.162 e. The van der Waals surface area contributed by atoms with Crippen molar-refractivity contribution in [3.05, 3.63) is 22.7 Å². The summed E-state index contributed by atoms with van der Waals surface area (Å²) in [6, 6.07) is 3.78. The van der Waals surface area contributed by atoms with E-state index in [2.05, 4.69) is 18.7 Å². The molecule has 0 amide bonds. The van der Waals surface area contributed by atoms with Gasteiger partial charge in [-0.15, -0.1) is 0 Å². The third-order valence-electron chi connectivity index (χ3n) is 2.64. The van der Waals surface area contributed by atoms with Gasteiger partial charge in [0, 0.05) is 29.2 Å². The van der Waals surface area contributed by atoms with Crippen LogP contribution in [0.4, 0.5) is 0 Å². The molecule has 0 heterocycles. The van der Waals surface area contributed by atoms with Crippen molar-refractivity contribution in [2.24, 2.45) is 0 Å². The van der Waals surface area contributed by atoms with Gasteiger partial charge in [0.05, 0.1) is 7.11 Å². The molecular formula is C12H18ClNO2. The number of phenols is 1. The lowest BCUT2D eigenvalue weighted by Gasteiger charge is -2.22.